The van der Waals surface area contributed by atoms with Gasteiger partial charge in [0.25, 0.3) is 5.09 Å². The van der Waals surface area contributed by atoms with Gasteiger partial charge in [0.2, 0.25) is 0 Å². The molecule has 0 fully saturated rings. The summed E-state index contributed by atoms with van der Waals surface area (Å²) in [5.41, 5.74) is 0.0745. The van der Waals surface area contributed by atoms with Crippen LogP contribution < -0.4 is 0 Å². The Balaban J connectivity index is 2.33. The number of aromatic nitrogens is 5. The Hall–Kier alpha value is -3.12. The maximum absolute atomic E-state index is 10.6. The van der Waals surface area contributed by atoms with Gasteiger partial charge < -0.3 is 15.0 Å². The number of hydrogen-bond acceptors (Lipinski definition) is 10. The van der Waals surface area contributed by atoms with Gasteiger partial charge >= 0.3 is 11.6 Å². The van der Waals surface area contributed by atoms with E-state index in [0.717, 1.165) is 10.9 Å². The third-order valence-corrected chi connectivity index (χ3v) is 1.77. The zero-order valence-electron chi connectivity index (χ0n) is 8.36. The summed E-state index contributed by atoms with van der Waals surface area (Å²) in [4.78, 5) is 23.9. The van der Waals surface area contributed by atoms with E-state index in [1.807, 2.05) is 0 Å². The lowest BCUT2D eigenvalue weighted by Crippen LogP contribution is -2.09. The standard InChI is InChI=1S/C5H3N7O6/c13-11(14)5-4(7-18-8-5)10-3(1-6-9-10)2-17-12(15)16/h1H,2H2. The molecule has 0 aliphatic carbocycles. The predicted octanol–water partition coefficient (Wildman–Crippen LogP) is -0.733. The fraction of sp³-hybridized carbons (Fsp3) is 0.200. The lowest BCUT2D eigenvalue weighted by molar-refractivity contribution is -0.763. The van der Waals surface area contributed by atoms with E-state index in [0.29, 0.717) is 0 Å². The van der Waals surface area contributed by atoms with Gasteiger partial charge in [-0.05, 0) is 4.92 Å². The summed E-state index contributed by atoms with van der Waals surface area (Å²) in [6.45, 7) is -0.496. The van der Waals surface area contributed by atoms with Crippen molar-refractivity contribution in [1.82, 2.24) is 25.3 Å². The first kappa shape index (κ1) is 11.4. The first-order chi connectivity index (χ1) is 8.59. The van der Waals surface area contributed by atoms with Crippen LogP contribution in [0.2, 0.25) is 0 Å². The van der Waals surface area contributed by atoms with Crippen LogP contribution in [0, 0.1) is 20.2 Å². The molecule has 2 aromatic heterocycles. The third-order valence-electron chi connectivity index (χ3n) is 1.77. The highest BCUT2D eigenvalue weighted by molar-refractivity contribution is 5.37. The highest BCUT2D eigenvalue weighted by Crippen LogP contribution is 2.18. The van der Waals surface area contributed by atoms with Gasteiger partial charge in [-0.3, -0.25) is 0 Å². The molecule has 0 unspecified atom stereocenters. The van der Waals surface area contributed by atoms with Crippen molar-refractivity contribution >= 4 is 5.82 Å². The summed E-state index contributed by atoms with van der Waals surface area (Å²) in [5.74, 6) is -1.04. The Kier molecular flexibility index (Phi) is 2.78. The summed E-state index contributed by atoms with van der Waals surface area (Å²) in [5, 5.41) is 32.9. The van der Waals surface area contributed by atoms with Crippen molar-refractivity contribution in [3.63, 3.8) is 0 Å². The molecule has 2 rings (SSSR count). The van der Waals surface area contributed by atoms with Gasteiger partial charge in [0, 0.05) is 5.16 Å². The summed E-state index contributed by atoms with van der Waals surface area (Å²) < 4.78 is 5.07. The second-order valence-electron chi connectivity index (χ2n) is 2.80. The van der Waals surface area contributed by atoms with E-state index >= 15 is 0 Å². The zero-order chi connectivity index (χ0) is 13.1. The van der Waals surface area contributed by atoms with Gasteiger partial charge in [0.05, 0.1) is 11.9 Å². The fourth-order valence-corrected chi connectivity index (χ4v) is 1.08. The van der Waals surface area contributed by atoms with E-state index in [-0.39, 0.29) is 11.5 Å². The minimum Gasteiger partial charge on any atom is -0.358 e. The van der Waals surface area contributed by atoms with E-state index in [9.17, 15) is 20.2 Å². The van der Waals surface area contributed by atoms with Crippen molar-refractivity contribution in [1.29, 1.82) is 0 Å². The highest BCUT2D eigenvalue weighted by Gasteiger charge is 2.26. The Morgan fingerprint density at radius 1 is 1.39 bits per heavy atom. The summed E-state index contributed by atoms with van der Waals surface area (Å²) in [7, 11) is 0. The van der Waals surface area contributed by atoms with Crippen molar-refractivity contribution in [3.05, 3.63) is 32.1 Å². The van der Waals surface area contributed by atoms with E-state index < -0.39 is 22.4 Å². The maximum Gasteiger partial charge on any atom is 0.461 e. The van der Waals surface area contributed by atoms with Crippen LogP contribution in [0.5, 0.6) is 0 Å². The molecule has 0 amide bonds. The lowest BCUT2D eigenvalue weighted by atomic mass is 10.5. The Morgan fingerprint density at radius 2 is 2.17 bits per heavy atom. The van der Waals surface area contributed by atoms with Gasteiger partial charge in [-0.25, -0.2) is 0 Å². The second kappa shape index (κ2) is 4.40. The molecular formula is C5H3N7O6. The maximum atomic E-state index is 10.6. The molecule has 0 spiro atoms. The number of nitrogens with zero attached hydrogens (tertiary/aromatic N) is 7. The molecule has 2 heterocycles. The summed E-state index contributed by atoms with van der Waals surface area (Å²) in [6, 6.07) is 0. The van der Waals surface area contributed by atoms with Crippen LogP contribution in [0.4, 0.5) is 5.82 Å². The minimum atomic E-state index is -1.02. The normalized spacial score (nSPS) is 10.2. The molecule has 18 heavy (non-hydrogen) atoms. The summed E-state index contributed by atoms with van der Waals surface area (Å²) >= 11 is 0. The largest absolute Gasteiger partial charge is 0.461 e. The average Bonchev–Trinajstić information content (AvgIpc) is 2.94. The van der Waals surface area contributed by atoms with Crippen LogP contribution in [0.1, 0.15) is 5.69 Å². The van der Waals surface area contributed by atoms with Crippen molar-refractivity contribution < 1.29 is 19.5 Å². The predicted molar refractivity (Wildman–Crippen MR) is 47.7 cm³/mol. The van der Waals surface area contributed by atoms with Gasteiger partial charge in [-0.15, -0.1) is 19.8 Å². The van der Waals surface area contributed by atoms with E-state index in [2.05, 4.69) is 30.1 Å². The first-order valence-electron chi connectivity index (χ1n) is 4.24. The second-order valence-corrected chi connectivity index (χ2v) is 2.80. The van der Waals surface area contributed by atoms with Gasteiger partial charge in [-0.2, -0.15) is 4.68 Å². The number of nitro groups is 1. The van der Waals surface area contributed by atoms with Crippen LogP contribution in [0.15, 0.2) is 10.8 Å². The van der Waals surface area contributed by atoms with Crippen LogP contribution in [0.3, 0.4) is 0 Å². The molecule has 0 N–H and O–H groups in total. The van der Waals surface area contributed by atoms with Gasteiger partial charge in [0.15, 0.2) is 5.16 Å². The number of rotatable bonds is 5. The molecule has 0 radical (unpaired) electrons. The zero-order valence-corrected chi connectivity index (χ0v) is 8.36. The van der Waals surface area contributed by atoms with Crippen LogP contribution in [0.25, 0.3) is 5.82 Å². The quantitative estimate of drug-likeness (QED) is 0.491. The fourth-order valence-electron chi connectivity index (χ4n) is 1.08. The topological polar surface area (TPSA) is 165 Å². The van der Waals surface area contributed by atoms with E-state index in [4.69, 9.17) is 0 Å². The molecule has 0 aromatic carbocycles. The Morgan fingerprint density at radius 3 is 2.83 bits per heavy atom. The van der Waals surface area contributed by atoms with Crippen LogP contribution in [-0.4, -0.2) is 35.3 Å². The third kappa shape index (κ3) is 2.04. The highest BCUT2D eigenvalue weighted by atomic mass is 16.9. The molecule has 0 bridgehead atoms. The van der Waals surface area contributed by atoms with Crippen molar-refractivity contribution in [2.75, 3.05) is 0 Å². The molecule has 0 aliphatic rings. The number of hydrogen-bond donors (Lipinski definition) is 0. The smallest absolute Gasteiger partial charge is 0.358 e. The Labute approximate surface area is 96.2 Å². The molecule has 0 saturated heterocycles. The van der Waals surface area contributed by atoms with E-state index in [1.54, 1.807) is 0 Å². The van der Waals surface area contributed by atoms with Gasteiger partial charge in [0.1, 0.15) is 6.61 Å². The molecule has 0 aliphatic heterocycles. The lowest BCUT2D eigenvalue weighted by Gasteiger charge is -1.99. The van der Waals surface area contributed by atoms with Crippen molar-refractivity contribution in [3.8, 4) is 5.82 Å². The molecule has 2 aromatic rings. The van der Waals surface area contributed by atoms with Crippen molar-refractivity contribution in [2.45, 2.75) is 6.61 Å². The van der Waals surface area contributed by atoms with E-state index in [1.165, 1.54) is 0 Å². The first-order valence-corrected chi connectivity index (χ1v) is 4.24. The van der Waals surface area contributed by atoms with Crippen LogP contribution in [-0.2, 0) is 11.4 Å². The monoisotopic (exact) mass is 257 g/mol. The molecule has 0 atom stereocenters. The average molecular weight is 257 g/mol. The molecule has 0 saturated carbocycles. The van der Waals surface area contributed by atoms with Crippen LogP contribution >= 0.6 is 0 Å². The molecule has 94 valence electrons. The molecule has 13 heteroatoms. The van der Waals surface area contributed by atoms with Gasteiger partial charge in [-0.1, -0.05) is 5.21 Å². The summed E-state index contributed by atoms with van der Waals surface area (Å²) in [6.07, 6.45) is 1.13. The Bertz CT molecular complexity index is 589. The molecular weight excluding hydrogens is 254 g/mol. The SMILES string of the molecule is O=[N+]([O-])OCc1cnnn1-c1nonc1[N+](=O)[O-]. The van der Waals surface area contributed by atoms with Crippen molar-refractivity contribution in [2.24, 2.45) is 0 Å². The molecule has 13 nitrogen and oxygen atoms in total. The minimum absolute atomic E-state index is 0.0745.